The number of rotatable bonds is 8. The molecule has 0 unspecified atom stereocenters. The molecule has 0 N–H and O–H groups in total. The van der Waals surface area contributed by atoms with Crippen LogP contribution in [0.3, 0.4) is 0 Å². The SMILES string of the molecule is [2H]c1c([2H])c([2H])c2c(c1[2H])c1c([2H])c([2H])c([2H])c([2H])c1n2-c1ccccc1-c1ccc(-c2ccc(N(c3ccc(-c4ccccc4)cc3)c3ccc(-c4cccc5ccccc45)cc3)cc2)cc1. The second-order valence-corrected chi connectivity index (χ2v) is 14.7. The van der Waals surface area contributed by atoms with Gasteiger partial charge in [-0.1, -0.05) is 188 Å². The average molecular weight is 773 g/mol. The van der Waals surface area contributed by atoms with Crippen LogP contribution in [0.2, 0.25) is 0 Å². The summed E-state index contributed by atoms with van der Waals surface area (Å²) in [7, 11) is 0. The van der Waals surface area contributed by atoms with Gasteiger partial charge in [0.05, 0.1) is 27.7 Å². The summed E-state index contributed by atoms with van der Waals surface area (Å²) in [4.78, 5) is 2.26. The Bertz CT molecular complexity index is 3660. The molecule has 0 aliphatic rings. The van der Waals surface area contributed by atoms with Crippen molar-refractivity contribution in [2.75, 3.05) is 4.90 Å². The Hall–Kier alpha value is -7.94. The van der Waals surface area contributed by atoms with Crippen molar-refractivity contribution >= 4 is 49.6 Å². The van der Waals surface area contributed by atoms with Crippen molar-refractivity contribution < 1.29 is 11.0 Å². The first kappa shape index (κ1) is 27.7. The number of benzene rings is 10. The van der Waals surface area contributed by atoms with Gasteiger partial charge in [-0.05, 0) is 104 Å². The van der Waals surface area contributed by atoms with Crippen molar-refractivity contribution in [3.05, 3.63) is 242 Å². The van der Waals surface area contributed by atoms with Crippen LogP contribution >= 0.6 is 0 Å². The summed E-state index contributed by atoms with van der Waals surface area (Å²) < 4.78 is 71.3. The third kappa shape index (κ3) is 6.32. The molecule has 2 nitrogen and oxygen atoms in total. The van der Waals surface area contributed by atoms with E-state index in [4.69, 9.17) is 11.0 Å². The normalized spacial score (nSPS) is 13.2. The molecule has 1 heterocycles. The predicted octanol–water partition coefficient (Wildman–Crippen LogP) is 16.1. The number of aromatic nitrogens is 1. The maximum absolute atomic E-state index is 9.01. The van der Waals surface area contributed by atoms with Gasteiger partial charge in [-0.2, -0.15) is 0 Å². The van der Waals surface area contributed by atoms with Gasteiger partial charge in [0.2, 0.25) is 0 Å². The van der Waals surface area contributed by atoms with E-state index < -0.39 is 24.2 Å². The zero-order chi connectivity index (χ0) is 46.8. The summed E-state index contributed by atoms with van der Waals surface area (Å²) in [6.45, 7) is 0. The molecule has 60 heavy (non-hydrogen) atoms. The number of anilines is 3. The van der Waals surface area contributed by atoms with Crippen molar-refractivity contribution in [1.29, 1.82) is 0 Å². The molecular formula is C58H40N2. The minimum atomic E-state index is -0.470. The lowest BCUT2D eigenvalue weighted by atomic mass is 9.97. The first-order chi connectivity index (χ1) is 33.1. The highest BCUT2D eigenvalue weighted by Gasteiger charge is 2.17. The summed E-state index contributed by atoms with van der Waals surface area (Å²) in [5, 5.41) is 2.51. The number of fused-ring (bicyclic) bond motifs is 4. The highest BCUT2D eigenvalue weighted by Crippen LogP contribution is 2.40. The van der Waals surface area contributed by atoms with Crippen LogP contribution in [0.15, 0.2) is 242 Å². The van der Waals surface area contributed by atoms with Crippen molar-refractivity contribution in [2.45, 2.75) is 0 Å². The average Bonchev–Trinajstić information content (AvgIpc) is 3.76. The van der Waals surface area contributed by atoms with Gasteiger partial charge in [0.25, 0.3) is 0 Å². The maximum atomic E-state index is 9.01. The summed E-state index contributed by atoms with van der Waals surface area (Å²) in [6.07, 6.45) is 0. The molecule has 11 aromatic rings. The van der Waals surface area contributed by atoms with E-state index in [0.717, 1.165) is 50.4 Å². The summed E-state index contributed by atoms with van der Waals surface area (Å²) in [5.41, 5.74) is 11.9. The quantitative estimate of drug-likeness (QED) is 0.149. The van der Waals surface area contributed by atoms with Crippen molar-refractivity contribution in [2.24, 2.45) is 0 Å². The minimum Gasteiger partial charge on any atom is -0.311 e. The van der Waals surface area contributed by atoms with Gasteiger partial charge in [0.1, 0.15) is 0 Å². The molecule has 0 aliphatic heterocycles. The van der Waals surface area contributed by atoms with E-state index in [2.05, 4.69) is 144 Å². The molecule has 1 aromatic heterocycles. The first-order valence-electron chi connectivity index (χ1n) is 23.9. The van der Waals surface area contributed by atoms with E-state index in [-0.39, 0.29) is 46.0 Å². The van der Waals surface area contributed by atoms with Crippen LogP contribution in [-0.2, 0) is 0 Å². The van der Waals surface area contributed by atoms with E-state index in [1.165, 1.54) is 16.3 Å². The first-order valence-corrected chi connectivity index (χ1v) is 19.9. The standard InChI is InChI=1S/C58H40N2/c1-2-13-41(14-3-1)43-29-35-48(36-30-43)59(50-39-33-46(34-40-50)52-21-12-16-45-15-4-5-17-51(45)52)49-37-31-44(32-38-49)42-25-27-47(28-26-42)53-18-6-9-22-56(53)60-57-23-10-7-19-54(57)55-20-8-11-24-58(55)60/h1-40H/i7D,8D,10D,11D,19D,20D,23D,24D. The van der Waals surface area contributed by atoms with Gasteiger partial charge < -0.3 is 9.47 Å². The molecule has 0 atom stereocenters. The zero-order valence-electron chi connectivity index (χ0n) is 40.4. The molecule has 10 aromatic carbocycles. The highest BCUT2D eigenvalue weighted by molar-refractivity contribution is 6.09. The third-order valence-corrected chi connectivity index (χ3v) is 11.3. The van der Waals surface area contributed by atoms with Crippen LogP contribution in [0.1, 0.15) is 11.0 Å². The van der Waals surface area contributed by atoms with Gasteiger partial charge in [0.15, 0.2) is 0 Å². The fraction of sp³-hybridized carbons (Fsp3) is 0. The van der Waals surface area contributed by atoms with Crippen LogP contribution in [0, 0.1) is 0 Å². The lowest BCUT2D eigenvalue weighted by Crippen LogP contribution is -2.09. The van der Waals surface area contributed by atoms with Gasteiger partial charge in [-0.3, -0.25) is 0 Å². The number of nitrogens with zero attached hydrogens (tertiary/aromatic N) is 2. The fourth-order valence-corrected chi connectivity index (χ4v) is 8.37. The number of hydrogen-bond donors (Lipinski definition) is 0. The Morgan fingerprint density at radius 2 is 0.733 bits per heavy atom. The Balaban J connectivity index is 0.964. The third-order valence-electron chi connectivity index (χ3n) is 11.3. The topological polar surface area (TPSA) is 8.17 Å². The molecule has 2 heteroatoms. The van der Waals surface area contributed by atoms with Gasteiger partial charge >= 0.3 is 0 Å². The molecule has 0 radical (unpaired) electrons. The van der Waals surface area contributed by atoms with E-state index in [9.17, 15) is 0 Å². The summed E-state index contributed by atoms with van der Waals surface area (Å²) >= 11 is 0. The molecule has 11 rings (SSSR count). The van der Waals surface area contributed by atoms with Gasteiger partial charge in [-0.15, -0.1) is 0 Å². The monoisotopic (exact) mass is 772 g/mol. The minimum absolute atomic E-state index is 0.0484. The highest BCUT2D eigenvalue weighted by atomic mass is 15.1. The largest absolute Gasteiger partial charge is 0.311 e. The van der Waals surface area contributed by atoms with E-state index in [0.29, 0.717) is 11.3 Å². The van der Waals surface area contributed by atoms with Gasteiger partial charge in [0, 0.05) is 33.4 Å². The Kier molecular flexibility index (Phi) is 6.96. The van der Waals surface area contributed by atoms with E-state index in [1.807, 2.05) is 54.6 Å². The fourth-order valence-electron chi connectivity index (χ4n) is 8.37. The van der Waals surface area contributed by atoms with Crippen molar-refractivity contribution in [1.82, 2.24) is 4.57 Å². The summed E-state index contributed by atoms with van der Waals surface area (Å²) in [6, 6.07) is 63.4. The van der Waals surface area contributed by atoms with Crippen molar-refractivity contribution in [3.63, 3.8) is 0 Å². The molecular weight excluding hydrogens is 725 g/mol. The Morgan fingerprint density at radius 3 is 1.35 bits per heavy atom. The van der Waals surface area contributed by atoms with Crippen LogP contribution in [0.5, 0.6) is 0 Å². The van der Waals surface area contributed by atoms with Crippen LogP contribution in [-0.4, -0.2) is 4.57 Å². The van der Waals surface area contributed by atoms with Crippen LogP contribution in [0.25, 0.3) is 82.8 Å². The summed E-state index contributed by atoms with van der Waals surface area (Å²) in [5.74, 6) is 0. The molecule has 0 fully saturated rings. The second kappa shape index (κ2) is 15.1. The van der Waals surface area contributed by atoms with Crippen LogP contribution in [0.4, 0.5) is 17.1 Å². The lowest BCUT2D eigenvalue weighted by Gasteiger charge is -2.26. The number of para-hydroxylation sites is 3. The molecule has 0 saturated carbocycles. The van der Waals surface area contributed by atoms with Crippen LogP contribution < -0.4 is 4.90 Å². The Morgan fingerprint density at radius 1 is 0.317 bits per heavy atom. The predicted molar refractivity (Wildman–Crippen MR) is 255 cm³/mol. The van der Waals surface area contributed by atoms with Crippen molar-refractivity contribution in [3.8, 4) is 50.2 Å². The molecule has 0 bridgehead atoms. The van der Waals surface area contributed by atoms with E-state index >= 15 is 0 Å². The molecule has 0 amide bonds. The maximum Gasteiger partial charge on any atom is 0.0645 e. The zero-order valence-corrected chi connectivity index (χ0v) is 32.4. The number of hydrogen-bond acceptors (Lipinski definition) is 1. The second-order valence-electron chi connectivity index (χ2n) is 14.7. The molecule has 0 spiro atoms. The molecule has 282 valence electrons. The lowest BCUT2D eigenvalue weighted by molar-refractivity contribution is 1.18. The molecule has 0 aliphatic carbocycles. The van der Waals surface area contributed by atoms with E-state index in [1.54, 1.807) is 4.57 Å². The van der Waals surface area contributed by atoms with Gasteiger partial charge in [-0.25, -0.2) is 0 Å². The Labute approximate surface area is 361 Å². The smallest absolute Gasteiger partial charge is 0.0645 e. The molecule has 0 saturated heterocycles.